The molecule has 3 N–H and O–H groups in total. The summed E-state index contributed by atoms with van der Waals surface area (Å²) < 4.78 is 5.72. The second kappa shape index (κ2) is 6.45. The van der Waals surface area contributed by atoms with Crippen molar-refractivity contribution in [3.63, 3.8) is 0 Å². The van der Waals surface area contributed by atoms with Gasteiger partial charge in [-0.1, -0.05) is 18.2 Å². The molecule has 0 amide bonds. The highest BCUT2D eigenvalue weighted by Gasteiger charge is 2.19. The van der Waals surface area contributed by atoms with E-state index < -0.39 is 0 Å². The number of nitrogen functional groups attached to an aromatic ring is 1. The molecule has 1 aromatic heterocycles. The van der Waals surface area contributed by atoms with E-state index in [0.29, 0.717) is 12.6 Å². The van der Waals surface area contributed by atoms with Gasteiger partial charge in [-0.15, -0.1) is 10.2 Å². The number of aromatic amines is 1. The maximum Gasteiger partial charge on any atom is 0.226 e. The molecule has 21 heavy (non-hydrogen) atoms. The molecule has 7 nitrogen and oxygen atoms in total. The van der Waals surface area contributed by atoms with E-state index in [1.54, 1.807) is 0 Å². The molecule has 1 fully saturated rings. The first kappa shape index (κ1) is 13.7. The molecule has 112 valence electrons. The van der Waals surface area contributed by atoms with Crippen LogP contribution in [0.4, 0.5) is 11.9 Å². The van der Waals surface area contributed by atoms with Crippen LogP contribution in [0, 0.1) is 0 Å². The molecule has 1 aliphatic rings. The highest BCUT2D eigenvalue weighted by molar-refractivity contribution is 5.34. The van der Waals surface area contributed by atoms with Gasteiger partial charge in [0.05, 0.1) is 0 Å². The molecule has 0 unspecified atom stereocenters. The Morgan fingerprint density at radius 1 is 1.10 bits per heavy atom. The topological polar surface area (TPSA) is 83.3 Å². The number of para-hydroxylation sites is 1. The highest BCUT2D eigenvalue weighted by Crippen LogP contribution is 2.12. The van der Waals surface area contributed by atoms with Crippen molar-refractivity contribution in [1.82, 2.24) is 20.1 Å². The van der Waals surface area contributed by atoms with Gasteiger partial charge >= 0.3 is 0 Å². The van der Waals surface area contributed by atoms with Gasteiger partial charge in [0.1, 0.15) is 12.4 Å². The van der Waals surface area contributed by atoms with Gasteiger partial charge < -0.3 is 15.4 Å². The van der Waals surface area contributed by atoms with Crippen LogP contribution in [0.3, 0.4) is 0 Å². The lowest BCUT2D eigenvalue weighted by atomic mass is 10.3. The van der Waals surface area contributed by atoms with Crippen molar-refractivity contribution in [2.45, 2.75) is 0 Å². The van der Waals surface area contributed by atoms with Crippen molar-refractivity contribution < 1.29 is 4.74 Å². The van der Waals surface area contributed by atoms with Crippen molar-refractivity contribution in [3.05, 3.63) is 30.3 Å². The monoisotopic (exact) mass is 288 g/mol. The first-order valence-corrected chi connectivity index (χ1v) is 7.14. The second-order valence-corrected chi connectivity index (χ2v) is 5.02. The van der Waals surface area contributed by atoms with E-state index in [2.05, 4.69) is 25.0 Å². The normalized spacial score (nSPS) is 16.1. The standard InChI is InChI=1S/C14H20N6O/c15-13-16-14(18-17-13)20-8-6-19(7-9-20)10-11-21-12-4-2-1-3-5-12/h1-5H,6-11H2,(H3,15,16,17,18). The summed E-state index contributed by atoms with van der Waals surface area (Å²) in [7, 11) is 0. The van der Waals surface area contributed by atoms with Gasteiger partial charge in [0.2, 0.25) is 11.9 Å². The van der Waals surface area contributed by atoms with Gasteiger partial charge in [0.15, 0.2) is 0 Å². The molecule has 7 heteroatoms. The Balaban J connectivity index is 1.40. The average molecular weight is 288 g/mol. The number of nitrogens with zero attached hydrogens (tertiary/aromatic N) is 4. The Morgan fingerprint density at radius 2 is 1.86 bits per heavy atom. The van der Waals surface area contributed by atoms with Crippen LogP contribution in [-0.4, -0.2) is 59.4 Å². The van der Waals surface area contributed by atoms with Crippen LogP contribution in [0.2, 0.25) is 0 Å². The number of nitrogens with two attached hydrogens (primary N) is 1. The minimum atomic E-state index is 0.365. The van der Waals surface area contributed by atoms with Crippen LogP contribution in [0.5, 0.6) is 5.75 Å². The molecule has 0 spiro atoms. The van der Waals surface area contributed by atoms with E-state index in [4.69, 9.17) is 10.5 Å². The zero-order chi connectivity index (χ0) is 14.5. The average Bonchev–Trinajstić information content (AvgIpc) is 2.96. The number of rotatable bonds is 5. The van der Waals surface area contributed by atoms with Gasteiger partial charge in [-0.25, -0.2) is 0 Å². The summed E-state index contributed by atoms with van der Waals surface area (Å²) in [5.41, 5.74) is 5.55. The van der Waals surface area contributed by atoms with Gasteiger partial charge in [-0.05, 0) is 12.1 Å². The first-order chi connectivity index (χ1) is 10.3. The van der Waals surface area contributed by atoms with Crippen LogP contribution >= 0.6 is 0 Å². The third-order valence-electron chi connectivity index (χ3n) is 3.58. The SMILES string of the molecule is Nc1nnc(N2CCN(CCOc3ccccc3)CC2)[nH]1. The first-order valence-electron chi connectivity index (χ1n) is 7.14. The van der Waals surface area contributed by atoms with E-state index in [1.165, 1.54) is 0 Å². The lowest BCUT2D eigenvalue weighted by Gasteiger charge is -2.34. The molecular weight excluding hydrogens is 268 g/mol. The Kier molecular flexibility index (Phi) is 4.20. The fourth-order valence-electron chi connectivity index (χ4n) is 2.40. The maximum atomic E-state index is 5.72. The molecule has 2 aromatic rings. The molecule has 0 aliphatic carbocycles. The summed E-state index contributed by atoms with van der Waals surface area (Å²) in [6.45, 7) is 5.44. The Morgan fingerprint density at radius 3 is 2.52 bits per heavy atom. The zero-order valence-electron chi connectivity index (χ0n) is 11.9. The quantitative estimate of drug-likeness (QED) is 0.838. The number of nitrogens with one attached hydrogen (secondary N) is 1. The van der Waals surface area contributed by atoms with E-state index in [1.807, 2.05) is 30.3 Å². The summed E-state index contributed by atoms with van der Waals surface area (Å²) >= 11 is 0. The highest BCUT2D eigenvalue weighted by atomic mass is 16.5. The predicted molar refractivity (Wildman–Crippen MR) is 81.4 cm³/mol. The number of ether oxygens (including phenoxy) is 1. The molecule has 1 aliphatic heterocycles. The van der Waals surface area contributed by atoms with Crippen LogP contribution in [0.1, 0.15) is 0 Å². The van der Waals surface area contributed by atoms with Crippen LogP contribution in [-0.2, 0) is 0 Å². The minimum absolute atomic E-state index is 0.365. The van der Waals surface area contributed by atoms with Gasteiger partial charge in [0.25, 0.3) is 0 Å². The molecule has 2 heterocycles. The lowest BCUT2D eigenvalue weighted by Crippen LogP contribution is -2.47. The number of H-pyrrole nitrogens is 1. The summed E-state index contributed by atoms with van der Waals surface area (Å²) in [4.78, 5) is 7.52. The summed E-state index contributed by atoms with van der Waals surface area (Å²) in [6, 6.07) is 9.91. The Hall–Kier alpha value is -2.28. The van der Waals surface area contributed by atoms with E-state index in [0.717, 1.165) is 44.4 Å². The Labute approximate surface area is 123 Å². The van der Waals surface area contributed by atoms with Gasteiger partial charge in [-0.3, -0.25) is 9.88 Å². The fourth-order valence-corrected chi connectivity index (χ4v) is 2.40. The predicted octanol–water partition coefficient (Wildman–Crippen LogP) is 0.588. The van der Waals surface area contributed by atoms with E-state index in [9.17, 15) is 0 Å². The van der Waals surface area contributed by atoms with Gasteiger partial charge in [0, 0.05) is 32.7 Å². The van der Waals surface area contributed by atoms with E-state index in [-0.39, 0.29) is 0 Å². The number of hydrogen-bond acceptors (Lipinski definition) is 6. The summed E-state index contributed by atoms with van der Waals surface area (Å²) in [5, 5.41) is 7.81. The number of aromatic nitrogens is 3. The van der Waals surface area contributed by atoms with Crippen LogP contribution in [0.15, 0.2) is 30.3 Å². The molecule has 0 saturated carbocycles. The molecule has 1 saturated heterocycles. The third kappa shape index (κ3) is 3.63. The number of piperazine rings is 1. The van der Waals surface area contributed by atoms with Crippen molar-refractivity contribution >= 4 is 11.9 Å². The zero-order valence-corrected chi connectivity index (χ0v) is 11.9. The Bertz CT molecular complexity index is 550. The third-order valence-corrected chi connectivity index (χ3v) is 3.58. The second-order valence-electron chi connectivity index (χ2n) is 5.02. The van der Waals surface area contributed by atoms with Crippen molar-refractivity contribution in [2.24, 2.45) is 0 Å². The molecule has 1 aromatic carbocycles. The van der Waals surface area contributed by atoms with Crippen molar-refractivity contribution in [3.8, 4) is 5.75 Å². The summed E-state index contributed by atoms with van der Waals surface area (Å²) in [6.07, 6.45) is 0. The molecule has 0 bridgehead atoms. The van der Waals surface area contributed by atoms with Crippen LogP contribution in [0.25, 0.3) is 0 Å². The summed E-state index contributed by atoms with van der Waals surface area (Å²) in [5.74, 6) is 2.05. The number of hydrogen-bond donors (Lipinski definition) is 2. The molecule has 0 radical (unpaired) electrons. The fraction of sp³-hybridized carbons (Fsp3) is 0.429. The number of anilines is 2. The lowest BCUT2D eigenvalue weighted by molar-refractivity contribution is 0.200. The largest absolute Gasteiger partial charge is 0.492 e. The molecule has 0 atom stereocenters. The number of benzene rings is 1. The minimum Gasteiger partial charge on any atom is -0.492 e. The molecular formula is C14H20N6O. The molecule has 3 rings (SSSR count). The van der Waals surface area contributed by atoms with Crippen LogP contribution < -0.4 is 15.4 Å². The maximum absolute atomic E-state index is 5.72. The smallest absolute Gasteiger partial charge is 0.226 e. The van der Waals surface area contributed by atoms with Crippen molar-refractivity contribution in [2.75, 3.05) is 50.0 Å². The van der Waals surface area contributed by atoms with Gasteiger partial charge in [-0.2, -0.15) is 0 Å². The van der Waals surface area contributed by atoms with E-state index >= 15 is 0 Å². The van der Waals surface area contributed by atoms with Crippen molar-refractivity contribution in [1.29, 1.82) is 0 Å².